The summed E-state index contributed by atoms with van der Waals surface area (Å²) < 4.78 is 0. The Balaban J connectivity index is 2.01. The molecule has 0 saturated heterocycles. The maximum Gasteiger partial charge on any atom is 0.147 e. The highest BCUT2D eigenvalue weighted by Gasteiger charge is 2.09. The molecule has 0 spiro atoms. The average Bonchev–Trinajstić information content (AvgIpc) is 2.39. The highest BCUT2D eigenvalue weighted by Crippen LogP contribution is 2.09. The van der Waals surface area contributed by atoms with Crippen LogP contribution in [0.15, 0.2) is 42.7 Å². The van der Waals surface area contributed by atoms with Gasteiger partial charge in [-0.25, -0.2) is 4.98 Å². The molecule has 0 radical (unpaired) electrons. The van der Waals surface area contributed by atoms with Gasteiger partial charge in [0.25, 0.3) is 0 Å². The largest absolute Gasteiger partial charge is 0.394 e. The molecule has 5 nitrogen and oxygen atoms in total. The number of aliphatic hydroxyl groups excluding tert-OH is 1. The summed E-state index contributed by atoms with van der Waals surface area (Å²) in [6.07, 6.45) is 3.79. The highest BCUT2D eigenvalue weighted by molar-refractivity contribution is 5.39. The maximum absolute atomic E-state index is 9.38. The van der Waals surface area contributed by atoms with Gasteiger partial charge in [-0.05, 0) is 12.0 Å². The second-order valence-electron chi connectivity index (χ2n) is 4.04. The van der Waals surface area contributed by atoms with Gasteiger partial charge in [-0.2, -0.15) is 0 Å². The van der Waals surface area contributed by atoms with E-state index < -0.39 is 0 Å². The molecule has 4 N–H and O–H groups in total. The third-order valence-corrected chi connectivity index (χ3v) is 2.55. The molecular formula is C13H16N4O. The van der Waals surface area contributed by atoms with Crippen LogP contribution in [0, 0.1) is 0 Å². The molecular weight excluding hydrogens is 228 g/mol. The summed E-state index contributed by atoms with van der Waals surface area (Å²) in [5, 5.41) is 12.5. The summed E-state index contributed by atoms with van der Waals surface area (Å²) in [5.41, 5.74) is 6.71. The zero-order valence-corrected chi connectivity index (χ0v) is 9.95. The minimum absolute atomic E-state index is 0.0192. The first-order chi connectivity index (χ1) is 8.78. The molecule has 5 heteroatoms. The lowest BCUT2D eigenvalue weighted by molar-refractivity contribution is 0.273. The summed E-state index contributed by atoms with van der Waals surface area (Å²) in [5.74, 6) is 0.932. The van der Waals surface area contributed by atoms with Crippen molar-refractivity contribution >= 4 is 11.6 Å². The lowest BCUT2D eigenvalue weighted by atomic mass is 10.1. The fourth-order valence-corrected chi connectivity index (χ4v) is 1.72. The minimum atomic E-state index is -0.108. The molecule has 0 aliphatic carbocycles. The molecule has 1 unspecified atom stereocenters. The van der Waals surface area contributed by atoms with Gasteiger partial charge >= 0.3 is 0 Å². The Morgan fingerprint density at radius 3 is 2.67 bits per heavy atom. The molecule has 0 bridgehead atoms. The van der Waals surface area contributed by atoms with Crippen LogP contribution < -0.4 is 11.1 Å². The Kier molecular flexibility index (Phi) is 4.09. The molecule has 1 aromatic heterocycles. The topological polar surface area (TPSA) is 84.1 Å². The number of nitrogens with zero attached hydrogens (tertiary/aromatic N) is 2. The zero-order chi connectivity index (χ0) is 12.8. The minimum Gasteiger partial charge on any atom is -0.394 e. The molecule has 0 aliphatic rings. The molecule has 1 aromatic carbocycles. The third kappa shape index (κ3) is 3.43. The molecule has 94 valence electrons. The number of nitrogens with two attached hydrogens (primary N) is 1. The van der Waals surface area contributed by atoms with Gasteiger partial charge in [0.15, 0.2) is 0 Å². The molecule has 0 amide bonds. The normalized spacial score (nSPS) is 12.1. The number of hydrogen-bond donors (Lipinski definition) is 3. The number of hydrogen-bond acceptors (Lipinski definition) is 5. The van der Waals surface area contributed by atoms with Crippen LogP contribution in [0.3, 0.4) is 0 Å². The quantitative estimate of drug-likeness (QED) is 0.732. The Labute approximate surface area is 106 Å². The number of anilines is 2. The lowest BCUT2D eigenvalue weighted by Crippen LogP contribution is -2.27. The van der Waals surface area contributed by atoms with E-state index in [2.05, 4.69) is 15.3 Å². The molecule has 2 aromatic rings. The zero-order valence-electron chi connectivity index (χ0n) is 9.95. The molecule has 0 fully saturated rings. The van der Waals surface area contributed by atoms with Crippen molar-refractivity contribution in [1.82, 2.24) is 9.97 Å². The summed E-state index contributed by atoms with van der Waals surface area (Å²) in [6.45, 7) is 0.0192. The van der Waals surface area contributed by atoms with Gasteiger partial charge in [0.1, 0.15) is 11.6 Å². The second-order valence-corrected chi connectivity index (χ2v) is 4.04. The Morgan fingerprint density at radius 2 is 2.00 bits per heavy atom. The fraction of sp³-hybridized carbons (Fsp3) is 0.231. The standard InChI is InChI=1S/C13H16N4O/c14-12-7-15-8-13(17-12)16-11(9-18)6-10-4-2-1-3-5-10/h1-5,7-8,11,18H,6,9H2,(H3,14,16,17). The van der Waals surface area contributed by atoms with Crippen LogP contribution in [0.5, 0.6) is 0 Å². The van der Waals surface area contributed by atoms with Crippen LogP contribution in [0.1, 0.15) is 5.56 Å². The van der Waals surface area contributed by atoms with Crippen LogP contribution in [-0.4, -0.2) is 27.7 Å². The third-order valence-electron chi connectivity index (χ3n) is 2.55. The van der Waals surface area contributed by atoms with E-state index in [0.717, 1.165) is 5.56 Å². The molecule has 1 heterocycles. The van der Waals surface area contributed by atoms with Crippen LogP contribution in [0.25, 0.3) is 0 Å². The first-order valence-electron chi connectivity index (χ1n) is 5.77. The summed E-state index contributed by atoms with van der Waals surface area (Å²) in [7, 11) is 0. The summed E-state index contributed by atoms with van der Waals surface area (Å²) >= 11 is 0. The van der Waals surface area contributed by atoms with Gasteiger partial charge in [0, 0.05) is 0 Å². The van der Waals surface area contributed by atoms with E-state index >= 15 is 0 Å². The van der Waals surface area contributed by atoms with Crippen molar-refractivity contribution in [2.24, 2.45) is 0 Å². The van der Waals surface area contributed by atoms with E-state index in [1.165, 1.54) is 6.20 Å². The predicted octanol–water partition coefficient (Wildman–Crippen LogP) is 1.07. The number of nitrogen functional groups attached to an aromatic ring is 1. The number of aliphatic hydroxyl groups is 1. The maximum atomic E-state index is 9.38. The van der Waals surface area contributed by atoms with Gasteiger partial charge in [0.05, 0.1) is 25.0 Å². The Hall–Kier alpha value is -2.14. The van der Waals surface area contributed by atoms with E-state index in [4.69, 9.17) is 5.73 Å². The average molecular weight is 244 g/mol. The summed E-state index contributed by atoms with van der Waals surface area (Å²) in [6, 6.07) is 9.86. The van der Waals surface area contributed by atoms with Crippen LogP contribution in [-0.2, 0) is 6.42 Å². The second kappa shape index (κ2) is 5.97. The van der Waals surface area contributed by atoms with Crippen molar-refractivity contribution in [3.05, 3.63) is 48.3 Å². The van der Waals surface area contributed by atoms with Gasteiger partial charge in [-0.15, -0.1) is 0 Å². The monoisotopic (exact) mass is 244 g/mol. The van der Waals surface area contributed by atoms with Gasteiger partial charge in [-0.1, -0.05) is 30.3 Å². The van der Waals surface area contributed by atoms with Crippen molar-refractivity contribution in [2.75, 3.05) is 17.7 Å². The molecule has 0 aliphatic heterocycles. The number of rotatable bonds is 5. The smallest absolute Gasteiger partial charge is 0.147 e. The first-order valence-corrected chi connectivity index (χ1v) is 5.77. The summed E-state index contributed by atoms with van der Waals surface area (Å²) in [4.78, 5) is 8.04. The highest BCUT2D eigenvalue weighted by atomic mass is 16.3. The number of nitrogens with one attached hydrogen (secondary N) is 1. The van der Waals surface area contributed by atoms with E-state index in [0.29, 0.717) is 18.1 Å². The fourth-order valence-electron chi connectivity index (χ4n) is 1.72. The molecule has 2 rings (SSSR count). The number of aromatic nitrogens is 2. The van der Waals surface area contributed by atoms with E-state index in [9.17, 15) is 5.11 Å². The van der Waals surface area contributed by atoms with Crippen molar-refractivity contribution < 1.29 is 5.11 Å². The van der Waals surface area contributed by atoms with Crippen molar-refractivity contribution in [1.29, 1.82) is 0 Å². The molecule has 1 atom stereocenters. The predicted molar refractivity (Wildman–Crippen MR) is 71.1 cm³/mol. The molecule has 0 saturated carbocycles. The van der Waals surface area contributed by atoms with Crippen LogP contribution in [0.2, 0.25) is 0 Å². The van der Waals surface area contributed by atoms with Crippen molar-refractivity contribution in [3.63, 3.8) is 0 Å². The molecule has 18 heavy (non-hydrogen) atoms. The van der Waals surface area contributed by atoms with E-state index in [1.54, 1.807) is 6.20 Å². The van der Waals surface area contributed by atoms with E-state index in [1.807, 2.05) is 30.3 Å². The van der Waals surface area contributed by atoms with Crippen LogP contribution in [0.4, 0.5) is 11.6 Å². The van der Waals surface area contributed by atoms with Gasteiger partial charge < -0.3 is 16.2 Å². The first kappa shape index (κ1) is 12.3. The van der Waals surface area contributed by atoms with Crippen molar-refractivity contribution in [2.45, 2.75) is 12.5 Å². The van der Waals surface area contributed by atoms with Gasteiger partial charge in [0.2, 0.25) is 0 Å². The Morgan fingerprint density at radius 1 is 1.22 bits per heavy atom. The Bertz CT molecular complexity index is 489. The van der Waals surface area contributed by atoms with E-state index in [-0.39, 0.29) is 12.6 Å². The number of benzene rings is 1. The van der Waals surface area contributed by atoms with Gasteiger partial charge in [-0.3, -0.25) is 4.98 Å². The van der Waals surface area contributed by atoms with Crippen molar-refractivity contribution in [3.8, 4) is 0 Å². The SMILES string of the molecule is Nc1cncc(NC(CO)Cc2ccccc2)n1. The lowest BCUT2D eigenvalue weighted by Gasteiger charge is -2.16. The van der Waals surface area contributed by atoms with Crippen LogP contribution >= 0.6 is 0 Å².